The van der Waals surface area contributed by atoms with Gasteiger partial charge >= 0.3 is 0 Å². The van der Waals surface area contributed by atoms with Gasteiger partial charge in [0.1, 0.15) is 5.82 Å². The third-order valence-electron chi connectivity index (χ3n) is 2.48. The molecule has 0 fully saturated rings. The highest BCUT2D eigenvalue weighted by atomic mass is 79.9. The Hall–Kier alpha value is -1.31. The maximum absolute atomic E-state index is 13.8. The van der Waals surface area contributed by atoms with Crippen LogP contribution in [0, 0.1) is 5.82 Å². The van der Waals surface area contributed by atoms with Crippen molar-refractivity contribution in [2.45, 2.75) is 6.04 Å². The van der Waals surface area contributed by atoms with Crippen LogP contribution in [0.15, 0.2) is 28.9 Å². The summed E-state index contributed by atoms with van der Waals surface area (Å²) >= 11 is 3.30. The van der Waals surface area contributed by atoms with E-state index in [0.717, 1.165) is 4.47 Å². The molecule has 2 rings (SSSR count). The molecular formula is C10H11BrFN5. The van der Waals surface area contributed by atoms with Crippen LogP contribution in [0.3, 0.4) is 0 Å². The van der Waals surface area contributed by atoms with Crippen molar-refractivity contribution in [3.8, 4) is 0 Å². The maximum atomic E-state index is 13.8. The molecule has 1 aromatic heterocycles. The molecule has 1 aromatic carbocycles. The number of nitrogens with two attached hydrogens (primary N) is 1. The summed E-state index contributed by atoms with van der Waals surface area (Å²) in [6, 6.07) is 4.20. The van der Waals surface area contributed by atoms with Crippen LogP contribution in [0.2, 0.25) is 0 Å². The van der Waals surface area contributed by atoms with Gasteiger partial charge in [0, 0.05) is 17.1 Å². The van der Waals surface area contributed by atoms with Gasteiger partial charge in [0.2, 0.25) is 0 Å². The SMILES string of the molecule is Cn1nncc1C(NN)c1cc(Br)ccc1F. The molecule has 0 spiro atoms. The van der Waals surface area contributed by atoms with E-state index in [9.17, 15) is 4.39 Å². The van der Waals surface area contributed by atoms with Crippen LogP contribution >= 0.6 is 15.9 Å². The first-order valence-corrected chi connectivity index (χ1v) is 5.68. The quantitative estimate of drug-likeness (QED) is 0.661. The number of aromatic nitrogens is 3. The van der Waals surface area contributed by atoms with E-state index in [0.29, 0.717) is 11.3 Å². The summed E-state index contributed by atoms with van der Waals surface area (Å²) in [5.41, 5.74) is 3.69. The Labute approximate surface area is 106 Å². The zero-order valence-electron chi connectivity index (χ0n) is 9.06. The van der Waals surface area contributed by atoms with Crippen LogP contribution in [-0.2, 0) is 7.05 Å². The normalized spacial score (nSPS) is 12.7. The van der Waals surface area contributed by atoms with Gasteiger partial charge in [0.25, 0.3) is 0 Å². The van der Waals surface area contributed by atoms with E-state index in [1.807, 2.05) is 0 Å². The minimum atomic E-state index is -0.493. The maximum Gasteiger partial charge on any atom is 0.128 e. The molecule has 1 atom stereocenters. The van der Waals surface area contributed by atoms with Crippen molar-refractivity contribution in [1.82, 2.24) is 20.4 Å². The Balaban J connectivity index is 2.49. The van der Waals surface area contributed by atoms with E-state index < -0.39 is 6.04 Å². The Morgan fingerprint density at radius 1 is 1.53 bits per heavy atom. The molecule has 0 aliphatic carbocycles. The Kier molecular flexibility index (Phi) is 3.51. The second kappa shape index (κ2) is 4.91. The van der Waals surface area contributed by atoms with Gasteiger partial charge in [-0.3, -0.25) is 10.5 Å². The monoisotopic (exact) mass is 299 g/mol. The fourth-order valence-electron chi connectivity index (χ4n) is 1.63. The third-order valence-corrected chi connectivity index (χ3v) is 2.97. The summed E-state index contributed by atoms with van der Waals surface area (Å²) in [6.45, 7) is 0. The van der Waals surface area contributed by atoms with Gasteiger partial charge in [-0.15, -0.1) is 5.10 Å². The van der Waals surface area contributed by atoms with Crippen LogP contribution in [0.5, 0.6) is 0 Å². The van der Waals surface area contributed by atoms with E-state index in [1.165, 1.54) is 6.07 Å². The Morgan fingerprint density at radius 2 is 2.29 bits per heavy atom. The number of hydrazine groups is 1. The van der Waals surface area contributed by atoms with Gasteiger partial charge < -0.3 is 0 Å². The molecule has 0 aliphatic rings. The topological polar surface area (TPSA) is 68.8 Å². The molecule has 0 aliphatic heterocycles. The molecule has 90 valence electrons. The van der Waals surface area contributed by atoms with Crippen molar-refractivity contribution < 1.29 is 4.39 Å². The molecule has 0 saturated carbocycles. The highest BCUT2D eigenvalue weighted by Gasteiger charge is 2.20. The van der Waals surface area contributed by atoms with E-state index in [-0.39, 0.29) is 5.82 Å². The molecule has 0 amide bonds. The zero-order chi connectivity index (χ0) is 12.4. The third kappa shape index (κ3) is 2.36. The van der Waals surface area contributed by atoms with Crippen LogP contribution in [0.25, 0.3) is 0 Å². The number of benzene rings is 1. The van der Waals surface area contributed by atoms with Crippen LogP contribution < -0.4 is 11.3 Å². The summed E-state index contributed by atoms with van der Waals surface area (Å²) in [5.74, 6) is 5.15. The lowest BCUT2D eigenvalue weighted by Gasteiger charge is -2.16. The number of halogens is 2. The van der Waals surface area contributed by atoms with Gasteiger partial charge in [-0.25, -0.2) is 9.82 Å². The predicted octanol–water partition coefficient (Wildman–Crippen LogP) is 1.27. The highest BCUT2D eigenvalue weighted by molar-refractivity contribution is 9.10. The Bertz CT molecular complexity index is 527. The number of nitrogens with zero attached hydrogens (tertiary/aromatic N) is 3. The molecule has 3 N–H and O–H groups in total. The minimum Gasteiger partial charge on any atom is -0.271 e. The number of hydrogen-bond acceptors (Lipinski definition) is 4. The summed E-state index contributed by atoms with van der Waals surface area (Å²) in [5, 5.41) is 7.55. The van der Waals surface area contributed by atoms with Crippen molar-refractivity contribution in [2.24, 2.45) is 12.9 Å². The average Bonchev–Trinajstić information content (AvgIpc) is 2.71. The number of rotatable bonds is 3. The van der Waals surface area contributed by atoms with Crippen molar-refractivity contribution in [3.63, 3.8) is 0 Å². The molecule has 1 heterocycles. The lowest BCUT2D eigenvalue weighted by Crippen LogP contribution is -2.31. The first-order valence-electron chi connectivity index (χ1n) is 4.89. The lowest BCUT2D eigenvalue weighted by atomic mass is 10.0. The van der Waals surface area contributed by atoms with Crippen molar-refractivity contribution in [2.75, 3.05) is 0 Å². The lowest BCUT2D eigenvalue weighted by molar-refractivity contribution is 0.531. The molecule has 0 saturated heterocycles. The number of aryl methyl sites for hydroxylation is 1. The molecule has 7 heteroatoms. The molecule has 1 unspecified atom stereocenters. The standard InChI is InChI=1S/C10H11BrFN5/c1-17-9(5-14-16-17)10(15-13)7-4-6(11)2-3-8(7)12/h2-5,10,15H,13H2,1H3. The fourth-order valence-corrected chi connectivity index (χ4v) is 2.01. The highest BCUT2D eigenvalue weighted by Crippen LogP contribution is 2.25. The average molecular weight is 300 g/mol. The molecule has 2 aromatic rings. The predicted molar refractivity (Wildman–Crippen MR) is 64.3 cm³/mol. The van der Waals surface area contributed by atoms with Gasteiger partial charge in [-0.2, -0.15) is 0 Å². The van der Waals surface area contributed by atoms with Gasteiger partial charge in [-0.1, -0.05) is 21.1 Å². The summed E-state index contributed by atoms with van der Waals surface area (Å²) < 4.78 is 16.1. The van der Waals surface area contributed by atoms with Gasteiger partial charge in [0.15, 0.2) is 0 Å². The van der Waals surface area contributed by atoms with Crippen molar-refractivity contribution in [1.29, 1.82) is 0 Å². The second-order valence-electron chi connectivity index (χ2n) is 3.55. The number of hydrogen-bond donors (Lipinski definition) is 2. The number of nitrogens with one attached hydrogen (secondary N) is 1. The van der Waals surface area contributed by atoms with Crippen LogP contribution in [-0.4, -0.2) is 15.0 Å². The molecule has 0 bridgehead atoms. The van der Waals surface area contributed by atoms with E-state index in [1.54, 1.807) is 30.1 Å². The second-order valence-corrected chi connectivity index (χ2v) is 4.46. The first-order chi connectivity index (χ1) is 8.13. The van der Waals surface area contributed by atoms with Crippen molar-refractivity contribution in [3.05, 3.63) is 45.9 Å². The molecule has 5 nitrogen and oxygen atoms in total. The first kappa shape index (κ1) is 12.2. The van der Waals surface area contributed by atoms with Crippen LogP contribution in [0.1, 0.15) is 17.3 Å². The van der Waals surface area contributed by atoms with Crippen LogP contribution in [0.4, 0.5) is 4.39 Å². The molecule has 0 radical (unpaired) electrons. The summed E-state index contributed by atoms with van der Waals surface area (Å²) in [4.78, 5) is 0. The summed E-state index contributed by atoms with van der Waals surface area (Å²) in [7, 11) is 1.72. The van der Waals surface area contributed by atoms with Gasteiger partial charge in [-0.05, 0) is 18.2 Å². The van der Waals surface area contributed by atoms with E-state index in [2.05, 4.69) is 31.7 Å². The molecule has 17 heavy (non-hydrogen) atoms. The summed E-state index contributed by atoms with van der Waals surface area (Å²) in [6.07, 6.45) is 1.55. The van der Waals surface area contributed by atoms with E-state index in [4.69, 9.17) is 5.84 Å². The Morgan fingerprint density at radius 3 is 2.88 bits per heavy atom. The molecular weight excluding hydrogens is 289 g/mol. The minimum absolute atomic E-state index is 0.336. The zero-order valence-corrected chi connectivity index (χ0v) is 10.6. The smallest absolute Gasteiger partial charge is 0.128 e. The van der Waals surface area contributed by atoms with Gasteiger partial charge in [0.05, 0.1) is 17.9 Å². The van der Waals surface area contributed by atoms with Crippen molar-refractivity contribution >= 4 is 15.9 Å². The largest absolute Gasteiger partial charge is 0.271 e. The van der Waals surface area contributed by atoms with E-state index >= 15 is 0 Å². The fraction of sp³-hybridized carbons (Fsp3) is 0.200.